The fraction of sp³-hybridized carbons (Fsp3) is 0.333. The van der Waals surface area contributed by atoms with Gasteiger partial charge in [-0.05, 0) is 12.8 Å². The molecule has 2 aromatic heterocycles. The molecule has 130 valence electrons. The van der Waals surface area contributed by atoms with Crippen LogP contribution in [0.2, 0.25) is 0 Å². The molecule has 0 fully saturated rings. The molecule has 0 bridgehead atoms. The zero-order valence-electron chi connectivity index (χ0n) is 12.9. The summed E-state index contributed by atoms with van der Waals surface area (Å²) >= 11 is 0. The number of carbonyl (C=O) groups excluding carboxylic acids is 1. The predicted molar refractivity (Wildman–Crippen MR) is 80.6 cm³/mol. The molecule has 24 heavy (non-hydrogen) atoms. The van der Waals surface area contributed by atoms with Gasteiger partial charge in [0, 0.05) is 25.1 Å². The average Bonchev–Trinajstić information content (AvgIpc) is 2.55. The van der Waals surface area contributed by atoms with Crippen LogP contribution < -0.4 is 38.1 Å². The maximum atomic E-state index is 13.1. The van der Waals surface area contributed by atoms with Crippen molar-refractivity contribution < 1.29 is 30.7 Å². The molecule has 7 nitrogen and oxygen atoms in total. The molecule has 9 heteroatoms. The Bertz CT molecular complexity index is 776. The minimum atomic E-state index is -1.18. The van der Waals surface area contributed by atoms with Crippen LogP contribution in [-0.2, 0) is 6.54 Å². The molecular weight excluding hydrogens is 383 g/mol. The third-order valence-electron chi connectivity index (χ3n) is 3.26. The first-order valence-electron chi connectivity index (χ1n) is 7.31. The van der Waals surface area contributed by atoms with Gasteiger partial charge in [0.25, 0.3) is 5.56 Å². The zero-order valence-corrected chi connectivity index (χ0v) is 14.5. The van der Waals surface area contributed by atoms with Crippen LogP contribution in [0.5, 0.6) is 0 Å². The van der Waals surface area contributed by atoms with Gasteiger partial charge in [-0.15, -0.1) is 0 Å². The summed E-state index contributed by atoms with van der Waals surface area (Å²) in [6.45, 7) is 1.25. The topological polar surface area (TPSA) is 87.8 Å². The van der Waals surface area contributed by atoms with Gasteiger partial charge < -0.3 is 22.3 Å². The van der Waals surface area contributed by atoms with Crippen LogP contribution in [0.4, 0.5) is 9.18 Å². The number of nitrogens with one attached hydrogen (secondary N) is 2. The molecule has 1 amide bonds. The normalized spacial score (nSPS) is 10.0. The quantitative estimate of drug-likeness (QED) is 0.411. The van der Waals surface area contributed by atoms with Gasteiger partial charge in [-0.3, -0.25) is 9.78 Å². The monoisotopic (exact) mass is 400 g/mol. The molecule has 0 aliphatic rings. The van der Waals surface area contributed by atoms with Crippen LogP contribution >= 0.6 is 0 Å². The van der Waals surface area contributed by atoms with Gasteiger partial charge in [-0.2, -0.15) is 4.39 Å². The van der Waals surface area contributed by atoms with Gasteiger partial charge in [-0.25, -0.2) is 18.7 Å². The number of nitrogens with zero attached hydrogens (tertiary/aromatic N) is 2. The van der Waals surface area contributed by atoms with E-state index in [-0.39, 0.29) is 17.0 Å². The van der Waals surface area contributed by atoms with Gasteiger partial charge in [0.1, 0.15) is 6.54 Å². The Morgan fingerprint density at radius 1 is 1.17 bits per heavy atom. The largest absolute Gasteiger partial charge is 1.00 e. The lowest BCUT2D eigenvalue weighted by molar-refractivity contribution is -0.697. The molecule has 0 radical (unpaired) electrons. The highest BCUT2D eigenvalue weighted by atomic mass is 79.9. The van der Waals surface area contributed by atoms with Crippen LogP contribution in [0.15, 0.2) is 46.4 Å². The van der Waals surface area contributed by atoms with E-state index in [1.807, 2.05) is 30.6 Å². The van der Waals surface area contributed by atoms with Crippen LogP contribution in [0.3, 0.4) is 0 Å². The van der Waals surface area contributed by atoms with Crippen LogP contribution in [0.25, 0.3) is 0 Å². The van der Waals surface area contributed by atoms with Gasteiger partial charge >= 0.3 is 11.7 Å². The van der Waals surface area contributed by atoms with E-state index in [2.05, 4.69) is 9.88 Å². The molecule has 2 aromatic rings. The highest BCUT2D eigenvalue weighted by molar-refractivity contribution is 5.76. The van der Waals surface area contributed by atoms with Crippen molar-refractivity contribution in [3.05, 3.63) is 63.4 Å². The number of rotatable bonds is 6. The number of hydrogen-bond acceptors (Lipinski definition) is 3. The molecule has 2 rings (SSSR count). The molecule has 2 heterocycles. The summed E-state index contributed by atoms with van der Waals surface area (Å²) in [5.74, 6) is -1.18. The Kier molecular flexibility index (Phi) is 8.03. The highest BCUT2D eigenvalue weighted by Crippen LogP contribution is 1.94. The zero-order chi connectivity index (χ0) is 16.7. The minimum Gasteiger partial charge on any atom is -1.00 e. The van der Waals surface area contributed by atoms with E-state index < -0.39 is 23.1 Å². The lowest BCUT2D eigenvalue weighted by Gasteiger charge is -2.06. The third kappa shape index (κ3) is 5.73. The van der Waals surface area contributed by atoms with Gasteiger partial charge in [0.05, 0.1) is 6.20 Å². The Hall–Kier alpha value is -2.29. The minimum absolute atomic E-state index is 0. The number of pyridine rings is 1. The number of carbonyl (C=O) groups is 1. The lowest BCUT2D eigenvalue weighted by atomic mass is 10.2. The summed E-state index contributed by atoms with van der Waals surface area (Å²) in [5, 5.41) is 2.51. The van der Waals surface area contributed by atoms with Crippen molar-refractivity contribution >= 4 is 6.03 Å². The van der Waals surface area contributed by atoms with Gasteiger partial charge in [0.2, 0.25) is 5.82 Å². The van der Waals surface area contributed by atoms with Crippen molar-refractivity contribution in [2.24, 2.45) is 0 Å². The fourth-order valence-corrected chi connectivity index (χ4v) is 2.06. The van der Waals surface area contributed by atoms with E-state index in [1.165, 1.54) is 0 Å². The Morgan fingerprint density at radius 3 is 2.58 bits per heavy atom. The number of aromatic nitrogens is 3. The summed E-state index contributed by atoms with van der Waals surface area (Å²) in [4.78, 5) is 35.8. The second kappa shape index (κ2) is 9.76. The molecule has 0 spiro atoms. The average molecular weight is 401 g/mol. The van der Waals surface area contributed by atoms with E-state index in [1.54, 1.807) is 4.98 Å². The molecule has 2 N–H and O–H groups in total. The van der Waals surface area contributed by atoms with E-state index in [0.29, 0.717) is 17.3 Å². The number of aryl methyl sites for hydroxylation is 1. The maximum Gasteiger partial charge on any atom is 0.336 e. The number of amides is 1. The summed E-state index contributed by atoms with van der Waals surface area (Å²) in [5.41, 5.74) is -2.10. The van der Waals surface area contributed by atoms with E-state index in [9.17, 15) is 18.8 Å². The summed E-state index contributed by atoms with van der Waals surface area (Å²) in [7, 11) is 0. The second-order valence-electron chi connectivity index (χ2n) is 5.01. The molecule has 0 saturated heterocycles. The van der Waals surface area contributed by atoms with E-state index in [0.717, 1.165) is 25.8 Å². The summed E-state index contributed by atoms with van der Waals surface area (Å²) < 4.78 is 15.7. The molecule has 0 saturated carbocycles. The second-order valence-corrected chi connectivity index (χ2v) is 5.01. The number of H-pyrrole nitrogens is 1. The first-order chi connectivity index (χ1) is 11.1. The number of hydrogen-bond donors (Lipinski definition) is 2. The molecule has 0 aliphatic heterocycles. The van der Waals surface area contributed by atoms with Crippen LogP contribution in [-0.4, -0.2) is 22.1 Å². The predicted octanol–water partition coefficient (Wildman–Crippen LogP) is -2.60. The first-order valence-corrected chi connectivity index (χ1v) is 7.31. The van der Waals surface area contributed by atoms with Crippen molar-refractivity contribution in [1.29, 1.82) is 0 Å². The van der Waals surface area contributed by atoms with Crippen molar-refractivity contribution in [2.75, 3.05) is 6.54 Å². The van der Waals surface area contributed by atoms with Crippen LogP contribution in [0, 0.1) is 5.82 Å². The Labute approximate surface area is 147 Å². The standard InChI is InChI=1S/C15H17FN4O3.BrH/c16-12-11-20(15(23)18-13(12)21)14(22)17-7-3-1-4-8-19-9-5-2-6-10-19;/h2,5-6,9-11H,1,3-4,7-8H2,(H-,17,18,21,22,23);1H. The van der Waals surface area contributed by atoms with Crippen LogP contribution in [0.1, 0.15) is 19.3 Å². The van der Waals surface area contributed by atoms with Crippen molar-refractivity contribution in [1.82, 2.24) is 14.9 Å². The first kappa shape index (κ1) is 19.8. The lowest BCUT2D eigenvalue weighted by Crippen LogP contribution is -3.00. The molecule has 0 aliphatic carbocycles. The molecule has 0 atom stereocenters. The molecular formula is C15H18BrFN4O3. The van der Waals surface area contributed by atoms with E-state index in [4.69, 9.17) is 0 Å². The molecule has 0 aromatic carbocycles. The third-order valence-corrected chi connectivity index (χ3v) is 3.26. The fourth-order valence-electron chi connectivity index (χ4n) is 2.06. The SMILES string of the molecule is O=C(NCCCCC[n+]1ccccc1)n1cc(F)c(=O)[nH]c1=O.[Br-]. The van der Waals surface area contributed by atoms with Crippen molar-refractivity contribution in [3.63, 3.8) is 0 Å². The molecule has 0 unspecified atom stereocenters. The number of unbranched alkanes of at least 4 members (excludes halogenated alkanes) is 2. The smallest absolute Gasteiger partial charge is 0.336 e. The highest BCUT2D eigenvalue weighted by Gasteiger charge is 2.10. The Balaban J connectivity index is 0.00000288. The van der Waals surface area contributed by atoms with E-state index >= 15 is 0 Å². The van der Waals surface area contributed by atoms with Crippen molar-refractivity contribution in [3.8, 4) is 0 Å². The van der Waals surface area contributed by atoms with Gasteiger partial charge in [0.15, 0.2) is 12.4 Å². The number of aromatic amines is 1. The maximum absolute atomic E-state index is 13.1. The summed E-state index contributed by atoms with van der Waals surface area (Å²) in [6.07, 6.45) is 7.15. The Morgan fingerprint density at radius 2 is 1.88 bits per heavy atom. The number of halogens is 2. The summed E-state index contributed by atoms with van der Waals surface area (Å²) in [6, 6.07) is 5.11. The van der Waals surface area contributed by atoms with Crippen molar-refractivity contribution in [2.45, 2.75) is 25.8 Å². The van der Waals surface area contributed by atoms with Gasteiger partial charge in [-0.1, -0.05) is 6.07 Å².